The first-order valence-corrected chi connectivity index (χ1v) is 5.33. The minimum Gasteiger partial charge on any atom is -0.362 e. The van der Waals surface area contributed by atoms with Crippen LogP contribution in [0.5, 0.6) is 0 Å². The van der Waals surface area contributed by atoms with Crippen molar-refractivity contribution in [1.82, 2.24) is 9.80 Å². The van der Waals surface area contributed by atoms with Crippen molar-refractivity contribution in [2.75, 3.05) is 27.4 Å². The highest BCUT2D eigenvalue weighted by molar-refractivity contribution is 4.88. The fourth-order valence-electron chi connectivity index (χ4n) is 1.48. The third-order valence-electron chi connectivity index (χ3n) is 2.24. The number of hydrogen-bond donors (Lipinski definition) is 0. The zero-order valence-corrected chi connectivity index (χ0v) is 9.67. The molecule has 1 heterocycles. The SMILES string of the molecule is CCCCCCN1C=CN(C)C1.CF. The van der Waals surface area contributed by atoms with Crippen molar-refractivity contribution in [2.24, 2.45) is 0 Å². The van der Waals surface area contributed by atoms with Crippen molar-refractivity contribution in [1.29, 1.82) is 0 Å². The van der Waals surface area contributed by atoms with Crippen LogP contribution >= 0.6 is 0 Å². The highest BCUT2D eigenvalue weighted by atomic mass is 19.1. The van der Waals surface area contributed by atoms with Gasteiger partial charge in [-0.05, 0) is 6.42 Å². The summed E-state index contributed by atoms with van der Waals surface area (Å²) >= 11 is 0. The van der Waals surface area contributed by atoms with Gasteiger partial charge in [0.2, 0.25) is 0 Å². The minimum absolute atomic E-state index is 0.500. The third-order valence-corrected chi connectivity index (χ3v) is 2.24. The van der Waals surface area contributed by atoms with Crippen LogP contribution in [0, 0.1) is 0 Å². The van der Waals surface area contributed by atoms with Crippen LogP contribution in [0.2, 0.25) is 0 Å². The van der Waals surface area contributed by atoms with E-state index in [-0.39, 0.29) is 0 Å². The van der Waals surface area contributed by atoms with Gasteiger partial charge in [-0.3, -0.25) is 4.39 Å². The largest absolute Gasteiger partial charge is 0.362 e. The van der Waals surface area contributed by atoms with Crippen molar-refractivity contribution in [2.45, 2.75) is 32.6 Å². The molecule has 1 rings (SSSR count). The van der Waals surface area contributed by atoms with Gasteiger partial charge in [-0.15, -0.1) is 0 Å². The summed E-state index contributed by atoms with van der Waals surface area (Å²) in [6.07, 6.45) is 9.76. The maximum absolute atomic E-state index is 9.50. The smallest absolute Gasteiger partial charge is 0.0890 e. The Morgan fingerprint density at radius 3 is 2.36 bits per heavy atom. The van der Waals surface area contributed by atoms with E-state index in [9.17, 15) is 4.39 Å². The molecule has 0 aromatic heterocycles. The topological polar surface area (TPSA) is 6.48 Å². The lowest BCUT2D eigenvalue weighted by Crippen LogP contribution is -2.23. The molecule has 1 aliphatic rings. The van der Waals surface area contributed by atoms with Gasteiger partial charge in [0.15, 0.2) is 0 Å². The summed E-state index contributed by atoms with van der Waals surface area (Å²) < 4.78 is 9.50. The van der Waals surface area contributed by atoms with Crippen LogP contribution in [0.15, 0.2) is 12.4 Å². The van der Waals surface area contributed by atoms with Gasteiger partial charge in [-0.25, -0.2) is 0 Å². The molecule has 84 valence electrons. The van der Waals surface area contributed by atoms with Crippen LogP contribution in [-0.2, 0) is 0 Å². The van der Waals surface area contributed by atoms with Gasteiger partial charge in [0.25, 0.3) is 0 Å². The van der Waals surface area contributed by atoms with Crippen molar-refractivity contribution >= 4 is 0 Å². The van der Waals surface area contributed by atoms with Crippen LogP contribution in [0.3, 0.4) is 0 Å². The molecule has 0 aliphatic carbocycles. The fourth-order valence-corrected chi connectivity index (χ4v) is 1.48. The molecular formula is C11H23FN2. The van der Waals surface area contributed by atoms with E-state index in [2.05, 4.69) is 36.2 Å². The molecule has 0 aromatic rings. The molecule has 0 saturated heterocycles. The minimum atomic E-state index is 0.500. The van der Waals surface area contributed by atoms with Gasteiger partial charge in [0.1, 0.15) is 0 Å². The maximum Gasteiger partial charge on any atom is 0.0890 e. The predicted molar refractivity (Wildman–Crippen MR) is 59.7 cm³/mol. The standard InChI is InChI=1S/C10H20N2.CH3F/c1-3-4-5-6-7-12-9-8-11(2)10-12;1-2/h8-9H,3-7,10H2,1-2H3;1H3. The average molecular weight is 202 g/mol. The zero-order chi connectivity index (χ0) is 10.8. The number of nitrogens with zero attached hydrogens (tertiary/aromatic N) is 2. The molecule has 0 atom stereocenters. The molecule has 0 N–H and O–H groups in total. The number of halogens is 1. The molecule has 0 fully saturated rings. The molecule has 2 nitrogen and oxygen atoms in total. The molecule has 0 bridgehead atoms. The Bertz CT molecular complexity index is 148. The Morgan fingerprint density at radius 2 is 1.86 bits per heavy atom. The van der Waals surface area contributed by atoms with Crippen LogP contribution in [0.25, 0.3) is 0 Å². The van der Waals surface area contributed by atoms with E-state index in [0.717, 1.165) is 6.67 Å². The van der Waals surface area contributed by atoms with Crippen LogP contribution < -0.4 is 0 Å². The normalized spacial score (nSPS) is 14.3. The summed E-state index contributed by atoms with van der Waals surface area (Å²) in [7, 11) is 2.61. The maximum atomic E-state index is 9.50. The van der Waals surface area contributed by atoms with E-state index in [1.165, 1.54) is 32.2 Å². The van der Waals surface area contributed by atoms with Gasteiger partial charge in [-0.1, -0.05) is 26.2 Å². The van der Waals surface area contributed by atoms with Gasteiger partial charge < -0.3 is 9.80 Å². The Morgan fingerprint density at radius 1 is 1.14 bits per heavy atom. The number of unbranched alkanes of at least 4 members (excludes halogenated alkanes) is 3. The summed E-state index contributed by atoms with van der Waals surface area (Å²) in [6.45, 7) is 4.55. The van der Waals surface area contributed by atoms with E-state index in [4.69, 9.17) is 0 Å². The van der Waals surface area contributed by atoms with Gasteiger partial charge in [-0.2, -0.15) is 0 Å². The summed E-state index contributed by atoms with van der Waals surface area (Å²) in [5.41, 5.74) is 0. The van der Waals surface area contributed by atoms with Crippen molar-refractivity contribution in [3.05, 3.63) is 12.4 Å². The van der Waals surface area contributed by atoms with Crippen LogP contribution in [-0.4, -0.2) is 37.2 Å². The first-order valence-electron chi connectivity index (χ1n) is 5.33. The third kappa shape index (κ3) is 5.84. The van der Waals surface area contributed by atoms with Gasteiger partial charge in [0, 0.05) is 26.0 Å². The molecule has 0 spiro atoms. The number of rotatable bonds is 5. The zero-order valence-electron chi connectivity index (χ0n) is 9.67. The summed E-state index contributed by atoms with van der Waals surface area (Å²) in [4.78, 5) is 4.58. The van der Waals surface area contributed by atoms with E-state index < -0.39 is 0 Å². The van der Waals surface area contributed by atoms with Crippen molar-refractivity contribution in [3.63, 3.8) is 0 Å². The van der Waals surface area contributed by atoms with E-state index >= 15 is 0 Å². The molecule has 14 heavy (non-hydrogen) atoms. The quantitative estimate of drug-likeness (QED) is 0.632. The first kappa shape index (κ1) is 13.3. The Balaban J connectivity index is 0.000000791. The Kier molecular flexibility index (Phi) is 8.39. The average Bonchev–Trinajstić information content (AvgIpc) is 2.62. The van der Waals surface area contributed by atoms with Crippen LogP contribution in [0.4, 0.5) is 4.39 Å². The number of hydrogen-bond acceptors (Lipinski definition) is 2. The molecule has 0 amide bonds. The second-order valence-corrected chi connectivity index (χ2v) is 3.57. The second kappa shape index (κ2) is 8.85. The highest BCUT2D eigenvalue weighted by Crippen LogP contribution is 2.06. The Hall–Kier alpha value is -0.730. The summed E-state index contributed by atoms with van der Waals surface area (Å²) in [5.74, 6) is 0. The number of alkyl halides is 1. The van der Waals surface area contributed by atoms with E-state index in [1.54, 1.807) is 0 Å². The molecule has 1 aliphatic heterocycles. The highest BCUT2D eigenvalue weighted by Gasteiger charge is 2.06. The Labute approximate surface area is 87.4 Å². The van der Waals surface area contributed by atoms with Gasteiger partial charge in [0.05, 0.1) is 13.8 Å². The molecule has 0 saturated carbocycles. The lowest BCUT2D eigenvalue weighted by molar-refractivity contribution is 0.291. The molecule has 3 heteroatoms. The first-order chi connectivity index (χ1) is 6.83. The van der Waals surface area contributed by atoms with Crippen molar-refractivity contribution in [3.8, 4) is 0 Å². The fraction of sp³-hybridized carbons (Fsp3) is 0.818. The predicted octanol–water partition coefficient (Wildman–Crippen LogP) is 2.83. The van der Waals surface area contributed by atoms with E-state index in [0.29, 0.717) is 7.18 Å². The molecular weight excluding hydrogens is 179 g/mol. The van der Waals surface area contributed by atoms with Crippen LogP contribution in [0.1, 0.15) is 32.6 Å². The molecule has 0 unspecified atom stereocenters. The second-order valence-electron chi connectivity index (χ2n) is 3.57. The molecule has 0 radical (unpaired) electrons. The van der Waals surface area contributed by atoms with Gasteiger partial charge >= 0.3 is 0 Å². The summed E-state index contributed by atoms with van der Waals surface area (Å²) in [6, 6.07) is 0. The molecule has 0 aromatic carbocycles. The lowest BCUT2D eigenvalue weighted by Gasteiger charge is -2.17. The van der Waals surface area contributed by atoms with Crippen molar-refractivity contribution < 1.29 is 4.39 Å². The monoisotopic (exact) mass is 202 g/mol. The summed E-state index contributed by atoms with van der Waals surface area (Å²) in [5, 5.41) is 0. The van der Waals surface area contributed by atoms with E-state index in [1.807, 2.05) is 0 Å². The lowest BCUT2D eigenvalue weighted by atomic mass is 10.2.